The van der Waals surface area contributed by atoms with Gasteiger partial charge < -0.3 is 4.74 Å². The number of nitrogens with zero attached hydrogens (tertiary/aromatic N) is 1. The number of hydrogen-bond acceptors (Lipinski definition) is 5. The van der Waals surface area contributed by atoms with E-state index in [1.807, 2.05) is 0 Å². The van der Waals surface area contributed by atoms with Crippen LogP contribution >= 0.6 is 0 Å². The van der Waals surface area contributed by atoms with E-state index in [-0.39, 0.29) is 17.5 Å². The number of benzene rings is 2. The van der Waals surface area contributed by atoms with Crippen molar-refractivity contribution in [2.75, 3.05) is 0 Å². The normalized spacial score (nSPS) is 12.0. The smallest absolute Gasteiger partial charge is 0.312 e. The Kier molecular flexibility index (Phi) is 5.07. The van der Waals surface area contributed by atoms with Crippen LogP contribution in [0.25, 0.3) is 10.8 Å². The largest absolute Gasteiger partial charge is 0.454 e. The zero-order valence-electron chi connectivity index (χ0n) is 14.2. The first-order valence-corrected chi connectivity index (χ1v) is 8.02. The summed E-state index contributed by atoms with van der Waals surface area (Å²) in [5, 5.41) is 7.04. The molecule has 0 radical (unpaired) electrons. The van der Waals surface area contributed by atoms with Gasteiger partial charge in [-0.2, -0.15) is 5.10 Å². The number of hydrogen-bond donors (Lipinski definition) is 1. The van der Waals surface area contributed by atoms with Crippen molar-refractivity contribution in [3.8, 4) is 0 Å². The number of ketones is 1. The molecule has 8 heteroatoms. The van der Waals surface area contributed by atoms with Crippen LogP contribution in [0, 0.1) is 11.6 Å². The molecule has 0 aliphatic carbocycles. The van der Waals surface area contributed by atoms with Crippen molar-refractivity contribution >= 4 is 22.5 Å². The highest BCUT2D eigenvalue weighted by atomic mass is 19.2. The molecule has 0 saturated heterocycles. The highest BCUT2D eigenvalue weighted by molar-refractivity contribution is 6.00. The summed E-state index contributed by atoms with van der Waals surface area (Å²) in [6.45, 7) is 1.33. The van der Waals surface area contributed by atoms with E-state index in [0.717, 1.165) is 18.2 Å². The Balaban J connectivity index is 1.74. The highest BCUT2D eigenvalue weighted by Crippen LogP contribution is 2.15. The summed E-state index contributed by atoms with van der Waals surface area (Å²) in [7, 11) is 0. The minimum Gasteiger partial charge on any atom is -0.454 e. The molecular weight excluding hydrogens is 358 g/mol. The number of nitrogens with one attached hydrogen (secondary N) is 1. The molecule has 0 amide bonds. The molecule has 6 nitrogen and oxygen atoms in total. The predicted molar refractivity (Wildman–Crippen MR) is 92.3 cm³/mol. The number of esters is 1. The molecule has 0 unspecified atom stereocenters. The molecule has 0 aliphatic heterocycles. The number of fused-ring (bicyclic) bond motifs is 1. The molecule has 2 aromatic carbocycles. The van der Waals surface area contributed by atoms with Crippen molar-refractivity contribution in [1.82, 2.24) is 10.2 Å². The minimum atomic E-state index is -1.20. The van der Waals surface area contributed by atoms with Gasteiger partial charge in [0.1, 0.15) is 0 Å². The minimum absolute atomic E-state index is 0.109. The molecule has 0 spiro atoms. The lowest BCUT2D eigenvalue weighted by Crippen LogP contribution is -2.26. The summed E-state index contributed by atoms with van der Waals surface area (Å²) in [6, 6.07) is 9.32. The van der Waals surface area contributed by atoms with Gasteiger partial charge in [-0.1, -0.05) is 18.2 Å². The van der Waals surface area contributed by atoms with Gasteiger partial charge in [-0.3, -0.25) is 14.4 Å². The highest BCUT2D eigenvalue weighted by Gasteiger charge is 2.22. The number of aromatic amines is 1. The molecule has 1 aromatic heterocycles. The number of carbonyl (C=O) groups excluding carboxylic acids is 2. The standard InChI is InChI=1S/C19H14F2N2O4/c1-10(18(25)11-6-7-14(20)15(21)8-11)27-17(24)9-16-12-4-2-3-5-13(12)19(26)23-22-16/h2-8,10H,9H2,1H3,(H,23,26)/t10-/m0/s1. The number of halogens is 2. The van der Waals surface area contributed by atoms with Gasteiger partial charge in [0.05, 0.1) is 17.5 Å². The zero-order valence-corrected chi connectivity index (χ0v) is 14.2. The summed E-state index contributed by atoms with van der Waals surface area (Å²) in [5.74, 6) is -3.65. The maximum absolute atomic E-state index is 13.3. The average molecular weight is 372 g/mol. The SMILES string of the molecule is C[C@H](OC(=O)Cc1n[nH]c(=O)c2ccccc12)C(=O)c1ccc(F)c(F)c1. The van der Waals surface area contributed by atoms with E-state index < -0.39 is 29.5 Å². The molecule has 3 aromatic rings. The van der Waals surface area contributed by atoms with Crippen molar-refractivity contribution in [3.05, 3.63) is 75.7 Å². The van der Waals surface area contributed by atoms with Crippen LogP contribution in [0.1, 0.15) is 23.0 Å². The molecule has 27 heavy (non-hydrogen) atoms. The van der Waals surface area contributed by atoms with Crippen molar-refractivity contribution in [2.24, 2.45) is 0 Å². The fraction of sp³-hybridized carbons (Fsp3) is 0.158. The van der Waals surface area contributed by atoms with E-state index in [1.54, 1.807) is 24.3 Å². The first-order valence-electron chi connectivity index (χ1n) is 8.02. The maximum Gasteiger partial charge on any atom is 0.312 e. The molecule has 1 heterocycles. The third-order valence-electron chi connectivity index (χ3n) is 3.97. The second kappa shape index (κ2) is 7.45. The topological polar surface area (TPSA) is 89.1 Å². The summed E-state index contributed by atoms with van der Waals surface area (Å²) >= 11 is 0. The van der Waals surface area contributed by atoms with Gasteiger partial charge in [0.25, 0.3) is 5.56 Å². The van der Waals surface area contributed by atoms with Crippen LogP contribution in [0.5, 0.6) is 0 Å². The van der Waals surface area contributed by atoms with Crippen LogP contribution in [-0.2, 0) is 16.0 Å². The third kappa shape index (κ3) is 3.89. The van der Waals surface area contributed by atoms with Crippen molar-refractivity contribution in [2.45, 2.75) is 19.4 Å². The Morgan fingerprint density at radius 2 is 1.81 bits per heavy atom. The number of ether oxygens (including phenoxy) is 1. The van der Waals surface area contributed by atoms with Crippen LogP contribution < -0.4 is 5.56 Å². The van der Waals surface area contributed by atoms with Gasteiger partial charge in [-0.05, 0) is 31.2 Å². The zero-order chi connectivity index (χ0) is 19.6. The average Bonchev–Trinajstić information content (AvgIpc) is 2.66. The lowest BCUT2D eigenvalue weighted by atomic mass is 10.1. The molecule has 0 fully saturated rings. The Morgan fingerprint density at radius 3 is 2.52 bits per heavy atom. The lowest BCUT2D eigenvalue weighted by Gasteiger charge is -2.13. The number of Topliss-reactive ketones (excluding diaryl/α,β-unsaturated/α-hetero) is 1. The van der Waals surface area contributed by atoms with Crippen LogP contribution in [0.2, 0.25) is 0 Å². The fourth-order valence-corrected chi connectivity index (χ4v) is 2.62. The van der Waals surface area contributed by atoms with E-state index in [1.165, 1.54) is 6.92 Å². The lowest BCUT2D eigenvalue weighted by molar-refractivity contribution is -0.145. The van der Waals surface area contributed by atoms with Gasteiger partial charge in [0.15, 0.2) is 17.7 Å². The molecule has 1 atom stereocenters. The number of aromatic nitrogens is 2. The quantitative estimate of drug-likeness (QED) is 0.549. The molecule has 0 aliphatic rings. The number of carbonyl (C=O) groups is 2. The van der Waals surface area contributed by atoms with Crippen LogP contribution in [0.4, 0.5) is 8.78 Å². The first kappa shape index (κ1) is 18.4. The first-order chi connectivity index (χ1) is 12.9. The molecular formula is C19H14F2N2O4. The molecule has 1 N–H and O–H groups in total. The number of rotatable bonds is 5. The van der Waals surface area contributed by atoms with Crippen LogP contribution in [0.15, 0.2) is 47.3 Å². The second-order valence-corrected chi connectivity index (χ2v) is 5.85. The Labute approximate surface area is 151 Å². The van der Waals surface area contributed by atoms with Crippen molar-refractivity contribution < 1.29 is 23.1 Å². The van der Waals surface area contributed by atoms with Gasteiger partial charge in [0.2, 0.25) is 5.78 Å². The van der Waals surface area contributed by atoms with E-state index in [9.17, 15) is 23.2 Å². The number of H-pyrrole nitrogens is 1. The van der Waals surface area contributed by atoms with Gasteiger partial charge in [0, 0.05) is 10.9 Å². The second-order valence-electron chi connectivity index (χ2n) is 5.85. The van der Waals surface area contributed by atoms with Gasteiger partial charge >= 0.3 is 5.97 Å². The summed E-state index contributed by atoms with van der Waals surface area (Å²) in [6.07, 6.45) is -1.47. The third-order valence-corrected chi connectivity index (χ3v) is 3.97. The van der Waals surface area contributed by atoms with Gasteiger partial charge in [-0.25, -0.2) is 13.9 Å². The predicted octanol–water partition coefficient (Wildman–Crippen LogP) is 2.56. The van der Waals surface area contributed by atoms with E-state index in [2.05, 4.69) is 10.2 Å². The fourth-order valence-electron chi connectivity index (χ4n) is 2.62. The molecule has 138 valence electrons. The van der Waals surface area contributed by atoms with E-state index in [4.69, 9.17) is 4.74 Å². The summed E-state index contributed by atoms with van der Waals surface area (Å²) in [5.41, 5.74) is -0.200. The maximum atomic E-state index is 13.3. The monoisotopic (exact) mass is 372 g/mol. The van der Waals surface area contributed by atoms with Crippen molar-refractivity contribution in [1.29, 1.82) is 0 Å². The summed E-state index contributed by atoms with van der Waals surface area (Å²) < 4.78 is 31.3. The van der Waals surface area contributed by atoms with Crippen LogP contribution in [0.3, 0.4) is 0 Å². The Hall–Kier alpha value is -3.42. The molecule has 0 saturated carbocycles. The van der Waals surface area contributed by atoms with Crippen LogP contribution in [-0.4, -0.2) is 28.1 Å². The molecule has 0 bridgehead atoms. The van der Waals surface area contributed by atoms with Gasteiger partial charge in [-0.15, -0.1) is 0 Å². The Morgan fingerprint density at radius 1 is 1.11 bits per heavy atom. The Bertz CT molecular complexity index is 1090. The van der Waals surface area contributed by atoms with E-state index >= 15 is 0 Å². The van der Waals surface area contributed by atoms with Crippen molar-refractivity contribution in [3.63, 3.8) is 0 Å². The summed E-state index contributed by atoms with van der Waals surface area (Å²) in [4.78, 5) is 36.1. The molecule has 3 rings (SSSR count). The van der Waals surface area contributed by atoms with E-state index in [0.29, 0.717) is 16.5 Å².